The van der Waals surface area contributed by atoms with Crippen LogP contribution in [0.1, 0.15) is 71.1 Å². The van der Waals surface area contributed by atoms with Gasteiger partial charge in [-0.2, -0.15) is 0 Å². The number of hydrogen-bond donors (Lipinski definition) is 0. The van der Waals surface area contributed by atoms with Gasteiger partial charge in [-0.15, -0.1) is 0 Å². The summed E-state index contributed by atoms with van der Waals surface area (Å²) in [7, 11) is 1.90. The average Bonchev–Trinajstić information content (AvgIpc) is 2.83. The first-order valence-corrected chi connectivity index (χ1v) is 9.64. The predicted molar refractivity (Wildman–Crippen MR) is 87.6 cm³/mol. The van der Waals surface area contributed by atoms with Crippen molar-refractivity contribution in [3.63, 3.8) is 0 Å². The highest BCUT2D eigenvalue weighted by atomic mass is 16.5. The Bertz CT molecular complexity index is 455. The van der Waals surface area contributed by atoms with Gasteiger partial charge in [-0.05, 0) is 74.0 Å². The number of ketones is 1. The molecule has 0 aromatic carbocycles. The fourth-order valence-corrected chi connectivity index (χ4v) is 7.39. The summed E-state index contributed by atoms with van der Waals surface area (Å²) in [5.41, 5.74) is 0.472. The largest absolute Gasteiger partial charge is 0.384 e. The van der Waals surface area contributed by atoms with Crippen molar-refractivity contribution in [2.45, 2.75) is 71.1 Å². The van der Waals surface area contributed by atoms with Crippen molar-refractivity contribution in [3.8, 4) is 0 Å². The molecule has 22 heavy (non-hydrogen) atoms. The molecule has 0 radical (unpaired) electrons. The Morgan fingerprint density at radius 1 is 1.05 bits per heavy atom. The van der Waals surface area contributed by atoms with Gasteiger partial charge in [0.15, 0.2) is 0 Å². The smallest absolute Gasteiger partial charge is 0.139 e. The molecule has 0 heterocycles. The zero-order valence-electron chi connectivity index (χ0n) is 14.4. The molecule has 124 valence electrons. The van der Waals surface area contributed by atoms with Crippen LogP contribution in [0.3, 0.4) is 0 Å². The Kier molecular flexibility index (Phi) is 3.67. The Hall–Kier alpha value is -0.370. The van der Waals surface area contributed by atoms with Gasteiger partial charge in [0.2, 0.25) is 0 Å². The summed E-state index contributed by atoms with van der Waals surface area (Å²) in [6, 6.07) is 0. The lowest BCUT2D eigenvalue weighted by Crippen LogP contribution is -2.55. The molecule has 0 aromatic rings. The maximum absolute atomic E-state index is 12.5. The molecule has 0 saturated heterocycles. The quantitative estimate of drug-likeness (QED) is 0.744. The Morgan fingerprint density at radius 2 is 1.91 bits per heavy atom. The summed E-state index contributed by atoms with van der Waals surface area (Å²) in [4.78, 5) is 12.5. The number of ether oxygens (including phenoxy) is 1. The Labute approximate surface area is 135 Å². The number of carbonyl (C=O) groups is 1. The summed E-state index contributed by atoms with van der Waals surface area (Å²) < 4.78 is 5.78. The molecule has 6 unspecified atom stereocenters. The van der Waals surface area contributed by atoms with Gasteiger partial charge < -0.3 is 4.74 Å². The van der Waals surface area contributed by atoms with Crippen molar-refractivity contribution >= 4 is 5.78 Å². The van der Waals surface area contributed by atoms with E-state index in [1.807, 2.05) is 7.11 Å². The van der Waals surface area contributed by atoms with Crippen molar-refractivity contribution < 1.29 is 9.53 Å². The Morgan fingerprint density at radius 3 is 2.73 bits per heavy atom. The van der Waals surface area contributed by atoms with E-state index >= 15 is 0 Å². The molecule has 0 bridgehead atoms. The van der Waals surface area contributed by atoms with E-state index in [2.05, 4.69) is 6.92 Å². The van der Waals surface area contributed by atoms with Gasteiger partial charge in [0.1, 0.15) is 5.78 Å². The maximum Gasteiger partial charge on any atom is 0.139 e. The molecular weight excluding hydrogens is 272 g/mol. The van der Waals surface area contributed by atoms with Crippen molar-refractivity contribution in [2.24, 2.45) is 34.5 Å². The third-order valence-corrected chi connectivity index (χ3v) is 8.40. The second-order valence-electron chi connectivity index (χ2n) is 8.98. The van der Waals surface area contributed by atoms with Gasteiger partial charge in [-0.1, -0.05) is 19.8 Å². The summed E-state index contributed by atoms with van der Waals surface area (Å²) in [5, 5.41) is 0. The highest BCUT2D eigenvalue weighted by molar-refractivity contribution is 5.87. The highest BCUT2D eigenvalue weighted by Crippen LogP contribution is 2.65. The van der Waals surface area contributed by atoms with Gasteiger partial charge in [-0.25, -0.2) is 0 Å². The third-order valence-electron chi connectivity index (χ3n) is 8.40. The number of fused-ring (bicyclic) bond motifs is 5. The number of methoxy groups -OCH3 is 1. The van der Waals surface area contributed by atoms with E-state index in [9.17, 15) is 4.79 Å². The molecule has 0 aliphatic heterocycles. The minimum Gasteiger partial charge on any atom is -0.384 e. The van der Waals surface area contributed by atoms with Crippen LogP contribution in [-0.4, -0.2) is 19.5 Å². The summed E-state index contributed by atoms with van der Waals surface area (Å²) >= 11 is 0. The highest BCUT2D eigenvalue weighted by Gasteiger charge is 2.60. The van der Waals surface area contributed by atoms with Crippen LogP contribution < -0.4 is 0 Å². The van der Waals surface area contributed by atoms with Crippen molar-refractivity contribution in [2.75, 3.05) is 13.7 Å². The van der Waals surface area contributed by atoms with Crippen molar-refractivity contribution in [1.29, 1.82) is 0 Å². The zero-order chi connectivity index (χ0) is 15.4. The molecule has 4 rings (SSSR count). The van der Waals surface area contributed by atoms with Crippen LogP contribution in [0, 0.1) is 34.5 Å². The third kappa shape index (κ3) is 1.92. The first-order chi connectivity index (χ1) is 10.6. The van der Waals surface area contributed by atoms with Crippen molar-refractivity contribution in [3.05, 3.63) is 0 Å². The number of hydrogen-bond acceptors (Lipinski definition) is 2. The minimum absolute atomic E-state index is 0.0247. The number of carbonyl (C=O) groups excluding carboxylic acids is 1. The molecule has 4 aliphatic rings. The second-order valence-corrected chi connectivity index (χ2v) is 8.98. The molecule has 0 spiro atoms. The topological polar surface area (TPSA) is 26.3 Å². The number of Topliss-reactive ketones (excluding diaryl/α,β-unsaturated/α-hetero) is 1. The standard InChI is InChI=1S/C20H32O2/c1-19-12-10-17-15(16(19)8-9-18(19)21)7-6-14-5-3-4-11-20(14,17)13-22-2/h14-17H,3-13H2,1-2H3. The van der Waals surface area contributed by atoms with E-state index in [0.717, 1.165) is 37.2 Å². The van der Waals surface area contributed by atoms with Gasteiger partial charge >= 0.3 is 0 Å². The molecule has 2 heteroatoms. The summed E-state index contributed by atoms with van der Waals surface area (Å²) in [6.45, 7) is 3.26. The molecule has 0 amide bonds. The Balaban J connectivity index is 1.67. The fraction of sp³-hybridized carbons (Fsp3) is 0.950. The van der Waals surface area contributed by atoms with E-state index in [1.54, 1.807) is 0 Å². The monoisotopic (exact) mass is 304 g/mol. The molecular formula is C20H32O2. The molecule has 2 nitrogen and oxygen atoms in total. The molecule has 4 fully saturated rings. The maximum atomic E-state index is 12.5. The van der Waals surface area contributed by atoms with E-state index in [4.69, 9.17) is 4.74 Å². The van der Waals surface area contributed by atoms with Crippen LogP contribution >= 0.6 is 0 Å². The molecule has 4 aliphatic carbocycles. The SMILES string of the molecule is COCC12CCCCC1CCC1C3CCC(=O)C3(C)CCC12. The molecule has 6 atom stereocenters. The minimum atomic E-state index is 0.0247. The van der Waals surface area contributed by atoms with E-state index in [1.165, 1.54) is 51.4 Å². The van der Waals surface area contributed by atoms with E-state index in [0.29, 0.717) is 17.1 Å². The van der Waals surface area contributed by atoms with Crippen LogP contribution in [0.15, 0.2) is 0 Å². The van der Waals surface area contributed by atoms with E-state index < -0.39 is 0 Å². The van der Waals surface area contributed by atoms with Crippen LogP contribution in [0.5, 0.6) is 0 Å². The number of rotatable bonds is 2. The fourth-order valence-electron chi connectivity index (χ4n) is 7.39. The zero-order valence-corrected chi connectivity index (χ0v) is 14.4. The van der Waals surface area contributed by atoms with Gasteiger partial charge in [-0.3, -0.25) is 4.79 Å². The van der Waals surface area contributed by atoms with Gasteiger partial charge in [0.25, 0.3) is 0 Å². The van der Waals surface area contributed by atoms with E-state index in [-0.39, 0.29) is 5.41 Å². The van der Waals surface area contributed by atoms with Crippen LogP contribution in [0.25, 0.3) is 0 Å². The first-order valence-electron chi connectivity index (χ1n) is 9.64. The first kappa shape index (κ1) is 15.2. The summed E-state index contributed by atoms with van der Waals surface area (Å²) in [5.74, 6) is 3.77. The van der Waals surface area contributed by atoms with Crippen LogP contribution in [-0.2, 0) is 9.53 Å². The summed E-state index contributed by atoms with van der Waals surface area (Å²) in [6.07, 6.45) is 12.8. The second kappa shape index (κ2) is 5.33. The molecule has 4 saturated carbocycles. The van der Waals surface area contributed by atoms with Crippen molar-refractivity contribution in [1.82, 2.24) is 0 Å². The van der Waals surface area contributed by atoms with Gasteiger partial charge in [0, 0.05) is 18.9 Å². The van der Waals surface area contributed by atoms with Crippen LogP contribution in [0.2, 0.25) is 0 Å². The lowest BCUT2D eigenvalue weighted by molar-refractivity contribution is -0.150. The lowest BCUT2D eigenvalue weighted by atomic mass is 9.45. The normalized spacial score (nSPS) is 51.1. The molecule has 0 N–H and O–H groups in total. The lowest BCUT2D eigenvalue weighted by Gasteiger charge is -2.60. The van der Waals surface area contributed by atoms with Gasteiger partial charge in [0.05, 0.1) is 6.61 Å². The average molecular weight is 304 g/mol. The molecule has 0 aromatic heterocycles. The predicted octanol–water partition coefficient (Wildman–Crippen LogP) is 4.61. The van der Waals surface area contributed by atoms with Crippen LogP contribution in [0.4, 0.5) is 0 Å².